The highest BCUT2D eigenvalue weighted by Crippen LogP contribution is 2.41. The maximum Gasteiger partial charge on any atom is 0.258 e. The fourth-order valence-electron chi connectivity index (χ4n) is 3.55. The molecule has 0 aliphatic carbocycles. The number of hydrogen-bond donors (Lipinski definition) is 1. The van der Waals surface area contributed by atoms with Crippen molar-refractivity contribution in [3.05, 3.63) is 53.6 Å². The molecule has 1 atom stereocenters. The normalized spacial score (nSPS) is 15.4. The van der Waals surface area contributed by atoms with Gasteiger partial charge in [0.1, 0.15) is 11.4 Å². The molecule has 0 bridgehead atoms. The van der Waals surface area contributed by atoms with E-state index in [1.165, 1.54) is 0 Å². The number of amides is 1. The summed E-state index contributed by atoms with van der Waals surface area (Å²) in [4.78, 5) is 14.5. The zero-order valence-electron chi connectivity index (χ0n) is 17.8. The van der Waals surface area contributed by atoms with E-state index in [-0.39, 0.29) is 24.2 Å². The second-order valence-electron chi connectivity index (χ2n) is 8.13. The number of benzene rings is 2. The van der Waals surface area contributed by atoms with E-state index >= 15 is 0 Å². The Bertz CT molecular complexity index is 864. The third kappa shape index (κ3) is 5.21. The van der Waals surface area contributed by atoms with E-state index in [1.807, 2.05) is 70.4 Å². The first-order valence-electron chi connectivity index (χ1n) is 9.80. The van der Waals surface area contributed by atoms with E-state index in [0.29, 0.717) is 12.3 Å². The maximum absolute atomic E-state index is 12.4. The summed E-state index contributed by atoms with van der Waals surface area (Å²) in [7, 11) is 5.62. The Hall–Kier alpha value is -2.73. The van der Waals surface area contributed by atoms with E-state index in [4.69, 9.17) is 14.2 Å². The van der Waals surface area contributed by atoms with E-state index < -0.39 is 0 Å². The fraction of sp³-hybridized carbons (Fsp3) is 0.435. The van der Waals surface area contributed by atoms with Crippen molar-refractivity contribution in [2.75, 3.05) is 34.4 Å². The monoisotopic (exact) mass is 398 g/mol. The van der Waals surface area contributed by atoms with E-state index in [0.717, 1.165) is 29.0 Å². The summed E-state index contributed by atoms with van der Waals surface area (Å²) >= 11 is 0. The fourth-order valence-corrected chi connectivity index (χ4v) is 3.55. The standard InChI is InChI=1S/C23H30N2O4/c1-23(2)13-17-9-7-11-20(22(17)29-23)28-15-21(26)24-14-19(25(3)4)16-8-6-10-18(12-16)27-5/h6-12,19H,13-15H2,1-5H3,(H,24,26). The summed E-state index contributed by atoms with van der Waals surface area (Å²) in [5, 5.41) is 2.97. The quantitative estimate of drug-likeness (QED) is 0.740. The number of carbonyl (C=O) groups is 1. The molecule has 0 saturated carbocycles. The lowest BCUT2D eigenvalue weighted by molar-refractivity contribution is -0.123. The van der Waals surface area contributed by atoms with Gasteiger partial charge in [0.25, 0.3) is 5.91 Å². The smallest absolute Gasteiger partial charge is 0.258 e. The number of ether oxygens (including phenoxy) is 3. The molecule has 0 aromatic heterocycles. The van der Waals surface area contributed by atoms with Crippen molar-refractivity contribution in [3.8, 4) is 17.2 Å². The van der Waals surface area contributed by atoms with Crippen LogP contribution in [-0.4, -0.2) is 50.8 Å². The number of para-hydroxylation sites is 1. The second-order valence-corrected chi connectivity index (χ2v) is 8.13. The lowest BCUT2D eigenvalue weighted by atomic mass is 10.0. The molecule has 1 unspecified atom stereocenters. The molecule has 0 fully saturated rings. The number of methoxy groups -OCH3 is 1. The van der Waals surface area contributed by atoms with Crippen LogP contribution < -0.4 is 19.5 Å². The van der Waals surface area contributed by atoms with Gasteiger partial charge in [-0.2, -0.15) is 0 Å². The lowest BCUT2D eigenvalue weighted by Crippen LogP contribution is -2.36. The maximum atomic E-state index is 12.4. The highest BCUT2D eigenvalue weighted by Gasteiger charge is 2.32. The summed E-state index contributed by atoms with van der Waals surface area (Å²) in [6.07, 6.45) is 0.830. The van der Waals surface area contributed by atoms with Gasteiger partial charge in [0.05, 0.1) is 13.2 Å². The third-order valence-electron chi connectivity index (χ3n) is 5.01. The zero-order chi connectivity index (χ0) is 21.0. The Morgan fingerprint density at radius 1 is 1.24 bits per heavy atom. The summed E-state index contributed by atoms with van der Waals surface area (Å²) in [6.45, 7) is 4.50. The Balaban J connectivity index is 1.58. The third-order valence-corrected chi connectivity index (χ3v) is 5.01. The highest BCUT2D eigenvalue weighted by atomic mass is 16.5. The van der Waals surface area contributed by atoms with Crippen LogP contribution in [0, 0.1) is 0 Å². The van der Waals surface area contributed by atoms with Crippen molar-refractivity contribution in [1.29, 1.82) is 0 Å². The molecule has 29 heavy (non-hydrogen) atoms. The van der Waals surface area contributed by atoms with Crippen LogP contribution in [0.3, 0.4) is 0 Å². The summed E-state index contributed by atoms with van der Waals surface area (Å²) in [5.74, 6) is 1.98. The minimum absolute atomic E-state index is 0.0270. The average molecular weight is 399 g/mol. The van der Waals surface area contributed by atoms with Gasteiger partial charge in [0.15, 0.2) is 18.1 Å². The number of nitrogens with zero attached hydrogens (tertiary/aromatic N) is 1. The van der Waals surface area contributed by atoms with Crippen molar-refractivity contribution in [2.45, 2.75) is 31.9 Å². The number of carbonyl (C=O) groups excluding carboxylic acids is 1. The summed E-state index contributed by atoms with van der Waals surface area (Å²) < 4.78 is 17.1. The van der Waals surface area contributed by atoms with Gasteiger partial charge in [-0.05, 0) is 51.7 Å². The minimum Gasteiger partial charge on any atom is -0.497 e. The van der Waals surface area contributed by atoms with Crippen molar-refractivity contribution in [1.82, 2.24) is 10.2 Å². The highest BCUT2D eigenvalue weighted by molar-refractivity contribution is 5.77. The van der Waals surface area contributed by atoms with E-state index in [2.05, 4.69) is 10.2 Å². The molecule has 2 aromatic rings. The van der Waals surface area contributed by atoms with Crippen molar-refractivity contribution in [3.63, 3.8) is 0 Å². The molecule has 6 nitrogen and oxygen atoms in total. The first-order valence-corrected chi connectivity index (χ1v) is 9.80. The van der Waals surface area contributed by atoms with E-state index in [1.54, 1.807) is 7.11 Å². The lowest BCUT2D eigenvalue weighted by Gasteiger charge is -2.25. The van der Waals surface area contributed by atoms with Crippen LogP contribution in [0.5, 0.6) is 17.2 Å². The van der Waals surface area contributed by atoms with Gasteiger partial charge in [-0.1, -0.05) is 24.3 Å². The topological polar surface area (TPSA) is 60.0 Å². The summed E-state index contributed by atoms with van der Waals surface area (Å²) in [5.41, 5.74) is 1.94. The van der Waals surface area contributed by atoms with Crippen LogP contribution in [0.15, 0.2) is 42.5 Å². The molecule has 0 saturated heterocycles. The van der Waals surface area contributed by atoms with Gasteiger partial charge in [0.2, 0.25) is 0 Å². The van der Waals surface area contributed by atoms with Gasteiger partial charge in [-0.15, -0.1) is 0 Å². The van der Waals surface area contributed by atoms with Gasteiger partial charge < -0.3 is 24.4 Å². The van der Waals surface area contributed by atoms with Crippen LogP contribution >= 0.6 is 0 Å². The van der Waals surface area contributed by atoms with Gasteiger partial charge in [-0.3, -0.25) is 4.79 Å². The zero-order valence-corrected chi connectivity index (χ0v) is 17.8. The molecule has 2 aromatic carbocycles. The minimum atomic E-state index is -0.250. The van der Waals surface area contributed by atoms with Crippen LogP contribution in [0.25, 0.3) is 0 Å². The Morgan fingerprint density at radius 2 is 2.00 bits per heavy atom. The summed E-state index contributed by atoms with van der Waals surface area (Å²) in [6, 6.07) is 13.7. The van der Waals surface area contributed by atoms with Gasteiger partial charge in [0, 0.05) is 18.5 Å². The van der Waals surface area contributed by atoms with Crippen LogP contribution in [0.2, 0.25) is 0 Å². The Kier molecular flexibility index (Phi) is 6.33. The molecule has 156 valence electrons. The molecular weight excluding hydrogens is 368 g/mol. The molecule has 0 spiro atoms. The predicted octanol–water partition coefficient (Wildman–Crippen LogP) is 3.21. The van der Waals surface area contributed by atoms with Gasteiger partial charge in [-0.25, -0.2) is 0 Å². The van der Waals surface area contributed by atoms with Crippen LogP contribution in [0.1, 0.15) is 31.0 Å². The SMILES string of the molecule is COc1cccc(C(CNC(=O)COc2cccc3c2OC(C)(C)C3)N(C)C)c1. The van der Waals surface area contributed by atoms with Crippen molar-refractivity contribution < 1.29 is 19.0 Å². The predicted molar refractivity (Wildman–Crippen MR) is 113 cm³/mol. The molecule has 1 amide bonds. The van der Waals surface area contributed by atoms with Crippen molar-refractivity contribution >= 4 is 5.91 Å². The Labute approximate surface area is 172 Å². The largest absolute Gasteiger partial charge is 0.497 e. The number of fused-ring (bicyclic) bond motifs is 1. The molecule has 6 heteroatoms. The molecule has 1 heterocycles. The second kappa shape index (κ2) is 8.74. The average Bonchev–Trinajstić information content (AvgIpc) is 3.00. The van der Waals surface area contributed by atoms with Crippen LogP contribution in [-0.2, 0) is 11.2 Å². The number of hydrogen-bond acceptors (Lipinski definition) is 5. The molecule has 3 rings (SSSR count). The van der Waals surface area contributed by atoms with Crippen LogP contribution in [0.4, 0.5) is 0 Å². The number of likely N-dealkylation sites (N-methyl/N-ethyl adjacent to an activating group) is 1. The van der Waals surface area contributed by atoms with Gasteiger partial charge >= 0.3 is 0 Å². The van der Waals surface area contributed by atoms with Crippen molar-refractivity contribution in [2.24, 2.45) is 0 Å². The molecule has 0 radical (unpaired) electrons. The number of nitrogens with one attached hydrogen (secondary N) is 1. The first kappa shape index (κ1) is 21.0. The molecule has 1 N–H and O–H groups in total. The molecular formula is C23H30N2O4. The first-order chi connectivity index (χ1) is 13.8. The van der Waals surface area contributed by atoms with E-state index in [9.17, 15) is 4.79 Å². The Morgan fingerprint density at radius 3 is 2.72 bits per heavy atom. The molecule has 1 aliphatic heterocycles. The number of rotatable bonds is 8. The molecule has 1 aliphatic rings.